The molecule has 1 aliphatic rings. The molecular formula is C15H18N2O3S. The molecule has 0 aromatic carbocycles. The van der Waals surface area contributed by atoms with Crippen LogP contribution in [0.1, 0.15) is 27.5 Å². The molecule has 0 bridgehead atoms. The van der Waals surface area contributed by atoms with E-state index in [2.05, 4.69) is 10.3 Å². The quantitative estimate of drug-likeness (QED) is 0.943. The number of rotatable bonds is 4. The van der Waals surface area contributed by atoms with Crippen molar-refractivity contribution in [3.05, 3.63) is 28.5 Å². The maximum absolute atomic E-state index is 12.3. The summed E-state index contributed by atoms with van der Waals surface area (Å²) in [5, 5.41) is 3.72. The summed E-state index contributed by atoms with van der Waals surface area (Å²) < 4.78 is 10.9. The fourth-order valence-corrected chi connectivity index (χ4v) is 3.27. The molecule has 6 heteroatoms. The molecule has 0 saturated carbocycles. The number of hydrogen-bond acceptors (Lipinski definition) is 5. The molecule has 0 spiro atoms. The van der Waals surface area contributed by atoms with E-state index < -0.39 is 0 Å². The predicted molar refractivity (Wildman–Crippen MR) is 80.5 cm³/mol. The van der Waals surface area contributed by atoms with Crippen LogP contribution in [0.4, 0.5) is 0 Å². The first-order valence-corrected chi connectivity index (χ1v) is 7.85. The van der Waals surface area contributed by atoms with Crippen molar-refractivity contribution in [3.8, 4) is 10.8 Å². The van der Waals surface area contributed by atoms with Crippen molar-refractivity contribution in [2.75, 3.05) is 19.8 Å². The van der Waals surface area contributed by atoms with Crippen molar-refractivity contribution in [3.63, 3.8) is 0 Å². The van der Waals surface area contributed by atoms with Crippen molar-refractivity contribution >= 4 is 17.2 Å². The highest BCUT2D eigenvalue weighted by Crippen LogP contribution is 2.29. The molecular weight excluding hydrogens is 288 g/mol. The zero-order valence-corrected chi connectivity index (χ0v) is 13.0. The van der Waals surface area contributed by atoms with Gasteiger partial charge in [-0.3, -0.25) is 4.79 Å². The van der Waals surface area contributed by atoms with Crippen LogP contribution in [0.3, 0.4) is 0 Å². The number of amides is 1. The van der Waals surface area contributed by atoms with Crippen LogP contribution in [0.5, 0.6) is 0 Å². The third kappa shape index (κ3) is 3.16. The topological polar surface area (TPSA) is 64.4 Å². The SMILES string of the molecule is Cc1ccc(-c2nc(C)c(C(=O)NC[C@H]3CCOC3)s2)o1. The van der Waals surface area contributed by atoms with Gasteiger partial charge >= 0.3 is 0 Å². The average molecular weight is 306 g/mol. The normalized spacial score (nSPS) is 18.1. The Morgan fingerprint density at radius 3 is 3.00 bits per heavy atom. The molecule has 5 nitrogen and oxygen atoms in total. The van der Waals surface area contributed by atoms with E-state index in [-0.39, 0.29) is 5.91 Å². The van der Waals surface area contributed by atoms with Gasteiger partial charge in [0.05, 0.1) is 12.3 Å². The lowest BCUT2D eigenvalue weighted by atomic mass is 10.1. The van der Waals surface area contributed by atoms with Crippen LogP contribution >= 0.6 is 11.3 Å². The summed E-state index contributed by atoms with van der Waals surface area (Å²) >= 11 is 1.37. The summed E-state index contributed by atoms with van der Waals surface area (Å²) in [5.41, 5.74) is 0.740. The number of nitrogens with zero attached hydrogens (tertiary/aromatic N) is 1. The molecule has 1 amide bonds. The maximum atomic E-state index is 12.3. The van der Waals surface area contributed by atoms with Gasteiger partial charge in [0, 0.05) is 19.1 Å². The number of thiazole rings is 1. The standard InChI is InChI=1S/C15H18N2O3S/c1-9-3-4-12(20-9)15-17-10(2)13(21-15)14(18)16-7-11-5-6-19-8-11/h3-4,11H,5-8H2,1-2H3,(H,16,18)/t11-/m1/s1. The zero-order valence-electron chi connectivity index (χ0n) is 12.1. The molecule has 1 saturated heterocycles. The van der Waals surface area contributed by atoms with Gasteiger partial charge < -0.3 is 14.5 Å². The highest BCUT2D eigenvalue weighted by Gasteiger charge is 2.20. The van der Waals surface area contributed by atoms with E-state index in [1.165, 1.54) is 11.3 Å². The van der Waals surface area contributed by atoms with Gasteiger partial charge in [0.1, 0.15) is 10.6 Å². The van der Waals surface area contributed by atoms with Gasteiger partial charge in [-0.05, 0) is 32.4 Å². The fourth-order valence-electron chi connectivity index (χ4n) is 2.32. The summed E-state index contributed by atoms with van der Waals surface area (Å²) in [6.07, 6.45) is 1.01. The first-order chi connectivity index (χ1) is 10.1. The number of aromatic nitrogens is 1. The average Bonchev–Trinajstić information content (AvgIpc) is 3.16. The van der Waals surface area contributed by atoms with E-state index in [9.17, 15) is 4.79 Å². The minimum absolute atomic E-state index is 0.0635. The van der Waals surface area contributed by atoms with E-state index in [0.717, 1.165) is 36.1 Å². The lowest BCUT2D eigenvalue weighted by Gasteiger charge is -2.08. The zero-order chi connectivity index (χ0) is 14.8. The molecule has 0 aliphatic carbocycles. The summed E-state index contributed by atoms with van der Waals surface area (Å²) in [6.45, 7) is 5.93. The van der Waals surface area contributed by atoms with Crippen molar-refractivity contribution in [1.82, 2.24) is 10.3 Å². The van der Waals surface area contributed by atoms with Gasteiger partial charge in [-0.2, -0.15) is 0 Å². The smallest absolute Gasteiger partial charge is 0.263 e. The molecule has 112 valence electrons. The molecule has 1 N–H and O–H groups in total. The van der Waals surface area contributed by atoms with E-state index in [1.54, 1.807) is 0 Å². The molecule has 3 heterocycles. The molecule has 1 aliphatic heterocycles. The summed E-state index contributed by atoms with van der Waals surface area (Å²) in [7, 11) is 0. The number of carbonyl (C=O) groups excluding carboxylic acids is 1. The van der Waals surface area contributed by atoms with E-state index in [4.69, 9.17) is 9.15 Å². The second-order valence-corrected chi connectivity index (χ2v) is 6.28. The van der Waals surface area contributed by atoms with Gasteiger partial charge in [0.25, 0.3) is 5.91 Å². The maximum Gasteiger partial charge on any atom is 0.263 e. The van der Waals surface area contributed by atoms with Crippen LogP contribution in [-0.4, -0.2) is 30.6 Å². The summed E-state index contributed by atoms with van der Waals surface area (Å²) in [4.78, 5) is 17.3. The number of furan rings is 1. The third-order valence-electron chi connectivity index (χ3n) is 3.53. The highest BCUT2D eigenvalue weighted by molar-refractivity contribution is 7.17. The fraction of sp³-hybridized carbons (Fsp3) is 0.467. The molecule has 1 atom stereocenters. The Bertz CT molecular complexity index is 641. The molecule has 1 fully saturated rings. The van der Waals surface area contributed by atoms with Crippen molar-refractivity contribution < 1.29 is 13.9 Å². The minimum atomic E-state index is -0.0635. The first-order valence-electron chi connectivity index (χ1n) is 7.03. The van der Waals surface area contributed by atoms with Gasteiger partial charge in [-0.25, -0.2) is 4.98 Å². The van der Waals surface area contributed by atoms with Gasteiger partial charge in [0.2, 0.25) is 0 Å². The van der Waals surface area contributed by atoms with Crippen molar-refractivity contribution in [1.29, 1.82) is 0 Å². The van der Waals surface area contributed by atoms with Crippen LogP contribution in [0.25, 0.3) is 10.8 Å². The summed E-state index contributed by atoms with van der Waals surface area (Å²) in [6, 6.07) is 3.77. The number of carbonyl (C=O) groups is 1. The second kappa shape index (κ2) is 5.99. The Morgan fingerprint density at radius 2 is 2.33 bits per heavy atom. The van der Waals surface area contributed by atoms with Crippen LogP contribution in [0, 0.1) is 19.8 Å². The van der Waals surface area contributed by atoms with Gasteiger partial charge in [0.15, 0.2) is 10.8 Å². The molecule has 3 rings (SSSR count). The Kier molecular flexibility index (Phi) is 4.07. The van der Waals surface area contributed by atoms with Crippen molar-refractivity contribution in [2.24, 2.45) is 5.92 Å². The van der Waals surface area contributed by atoms with Crippen LogP contribution < -0.4 is 5.32 Å². The first kappa shape index (κ1) is 14.3. The van der Waals surface area contributed by atoms with Crippen LogP contribution in [0.15, 0.2) is 16.5 Å². The lowest BCUT2D eigenvalue weighted by Crippen LogP contribution is -2.29. The molecule has 0 radical (unpaired) electrons. The molecule has 2 aromatic heterocycles. The highest BCUT2D eigenvalue weighted by atomic mass is 32.1. The molecule has 2 aromatic rings. The van der Waals surface area contributed by atoms with Gasteiger partial charge in [-0.1, -0.05) is 0 Å². The van der Waals surface area contributed by atoms with Crippen LogP contribution in [0.2, 0.25) is 0 Å². The lowest BCUT2D eigenvalue weighted by molar-refractivity contribution is 0.0948. The molecule has 0 unspecified atom stereocenters. The minimum Gasteiger partial charge on any atom is -0.459 e. The summed E-state index contributed by atoms with van der Waals surface area (Å²) in [5.74, 6) is 1.91. The Balaban J connectivity index is 1.69. The molecule has 21 heavy (non-hydrogen) atoms. The van der Waals surface area contributed by atoms with E-state index in [1.807, 2.05) is 26.0 Å². The third-order valence-corrected chi connectivity index (χ3v) is 4.70. The van der Waals surface area contributed by atoms with Gasteiger partial charge in [-0.15, -0.1) is 11.3 Å². The number of hydrogen-bond donors (Lipinski definition) is 1. The number of ether oxygens (including phenoxy) is 1. The Labute approximate surface area is 127 Å². The van der Waals surface area contributed by atoms with E-state index in [0.29, 0.717) is 23.1 Å². The van der Waals surface area contributed by atoms with Crippen molar-refractivity contribution in [2.45, 2.75) is 20.3 Å². The Morgan fingerprint density at radius 1 is 1.48 bits per heavy atom. The number of nitrogens with one attached hydrogen (secondary N) is 1. The predicted octanol–water partition coefficient (Wildman–Crippen LogP) is 2.79. The van der Waals surface area contributed by atoms with E-state index >= 15 is 0 Å². The largest absolute Gasteiger partial charge is 0.459 e. The Hall–Kier alpha value is -1.66. The number of aryl methyl sites for hydroxylation is 2. The second-order valence-electron chi connectivity index (χ2n) is 5.28. The van der Waals surface area contributed by atoms with Crippen LogP contribution in [-0.2, 0) is 4.74 Å². The monoisotopic (exact) mass is 306 g/mol.